The number of ether oxygens (including phenoxy) is 1. The number of hydrogen-bond donors (Lipinski definition) is 1. The second kappa shape index (κ2) is 8.47. The monoisotopic (exact) mass is 326 g/mol. The Labute approximate surface area is 139 Å². The third-order valence-corrected chi connectivity index (χ3v) is 3.11. The van der Waals surface area contributed by atoms with Gasteiger partial charge in [0.1, 0.15) is 5.75 Å². The molecule has 2 aromatic carbocycles. The van der Waals surface area contributed by atoms with E-state index in [1.54, 1.807) is 36.4 Å². The zero-order chi connectivity index (χ0) is 17.4. The number of rotatable bonds is 7. The summed E-state index contributed by atoms with van der Waals surface area (Å²) in [6.07, 6.45) is 3.88. The number of carbonyl (C=O) groups excluding carboxylic acids is 1. The Hall–Kier alpha value is -3.15. The molecule has 0 bridgehead atoms. The molecule has 1 N–H and O–H groups in total. The molecule has 1 amide bonds. The molecule has 2 rings (SSSR count). The highest BCUT2D eigenvalue weighted by atomic mass is 16.6. The molecule has 0 aliphatic carbocycles. The van der Waals surface area contributed by atoms with E-state index in [1.807, 2.05) is 13.0 Å². The first-order chi connectivity index (χ1) is 11.6. The van der Waals surface area contributed by atoms with Crippen molar-refractivity contribution in [3.05, 3.63) is 70.3 Å². The van der Waals surface area contributed by atoms with Gasteiger partial charge in [-0.2, -0.15) is 0 Å². The summed E-state index contributed by atoms with van der Waals surface area (Å²) in [6, 6.07) is 13.1. The van der Waals surface area contributed by atoms with Gasteiger partial charge in [-0.25, -0.2) is 0 Å². The van der Waals surface area contributed by atoms with Gasteiger partial charge in [0, 0.05) is 30.0 Å². The quantitative estimate of drug-likeness (QED) is 0.473. The lowest BCUT2D eigenvalue weighted by atomic mass is 10.2. The minimum Gasteiger partial charge on any atom is -0.494 e. The van der Waals surface area contributed by atoms with Crippen LogP contribution in [0.25, 0.3) is 6.08 Å². The van der Waals surface area contributed by atoms with Gasteiger partial charge in [-0.15, -0.1) is 0 Å². The van der Waals surface area contributed by atoms with E-state index in [0.717, 1.165) is 6.42 Å². The average Bonchev–Trinajstić information content (AvgIpc) is 2.59. The standard InChI is InChI=1S/C18H18N2O4/c1-2-12-24-17-5-3-4-15(13-17)19-18(21)11-8-14-6-9-16(10-7-14)20(22)23/h3-11,13H,2,12H2,1H3,(H,19,21)/b11-8+. The van der Waals surface area contributed by atoms with Crippen LogP contribution in [0, 0.1) is 10.1 Å². The third-order valence-electron chi connectivity index (χ3n) is 3.11. The zero-order valence-corrected chi connectivity index (χ0v) is 13.3. The van der Waals surface area contributed by atoms with Gasteiger partial charge in [-0.3, -0.25) is 14.9 Å². The Morgan fingerprint density at radius 3 is 2.67 bits per heavy atom. The van der Waals surface area contributed by atoms with Crippen LogP contribution in [0.1, 0.15) is 18.9 Å². The maximum Gasteiger partial charge on any atom is 0.269 e. The van der Waals surface area contributed by atoms with Crippen LogP contribution >= 0.6 is 0 Å². The minimum absolute atomic E-state index is 0.0143. The van der Waals surface area contributed by atoms with Gasteiger partial charge in [-0.1, -0.05) is 13.0 Å². The predicted octanol–water partition coefficient (Wildman–Crippen LogP) is 4.04. The first kappa shape index (κ1) is 17.2. The summed E-state index contributed by atoms with van der Waals surface area (Å²) in [4.78, 5) is 22.1. The number of nitro benzene ring substituents is 1. The van der Waals surface area contributed by atoms with Gasteiger partial charge in [0.25, 0.3) is 5.69 Å². The molecule has 0 unspecified atom stereocenters. The van der Waals surface area contributed by atoms with Crippen LogP contribution in [-0.2, 0) is 4.79 Å². The second-order valence-electron chi connectivity index (χ2n) is 5.05. The molecular weight excluding hydrogens is 308 g/mol. The average molecular weight is 326 g/mol. The van der Waals surface area contributed by atoms with Crippen molar-refractivity contribution < 1.29 is 14.5 Å². The molecule has 0 saturated heterocycles. The van der Waals surface area contributed by atoms with Crippen LogP contribution in [0.4, 0.5) is 11.4 Å². The Balaban J connectivity index is 1.96. The molecule has 0 aromatic heterocycles. The molecule has 0 spiro atoms. The van der Waals surface area contributed by atoms with E-state index in [-0.39, 0.29) is 11.6 Å². The SMILES string of the molecule is CCCOc1cccc(NC(=O)/C=C/c2ccc([N+](=O)[O-])cc2)c1. The number of hydrogen-bond acceptors (Lipinski definition) is 4. The highest BCUT2D eigenvalue weighted by Crippen LogP contribution is 2.18. The van der Waals surface area contributed by atoms with Gasteiger partial charge in [0.15, 0.2) is 0 Å². The largest absolute Gasteiger partial charge is 0.494 e. The Kier molecular flexibility index (Phi) is 6.08. The van der Waals surface area contributed by atoms with Crippen molar-refractivity contribution in [1.82, 2.24) is 0 Å². The molecule has 0 heterocycles. The number of nitro groups is 1. The summed E-state index contributed by atoms with van der Waals surface area (Å²) in [5.74, 6) is 0.412. The first-order valence-corrected chi connectivity index (χ1v) is 7.55. The number of benzene rings is 2. The molecule has 6 nitrogen and oxygen atoms in total. The number of non-ortho nitro benzene ring substituents is 1. The predicted molar refractivity (Wildman–Crippen MR) is 93.0 cm³/mol. The summed E-state index contributed by atoms with van der Waals surface area (Å²) in [5.41, 5.74) is 1.36. The lowest BCUT2D eigenvalue weighted by Crippen LogP contribution is -2.07. The Morgan fingerprint density at radius 1 is 1.25 bits per heavy atom. The first-order valence-electron chi connectivity index (χ1n) is 7.55. The highest BCUT2D eigenvalue weighted by molar-refractivity contribution is 6.02. The molecule has 0 aliphatic rings. The van der Waals surface area contributed by atoms with Crippen molar-refractivity contribution in [1.29, 1.82) is 0 Å². The minimum atomic E-state index is -0.464. The smallest absolute Gasteiger partial charge is 0.269 e. The lowest BCUT2D eigenvalue weighted by molar-refractivity contribution is -0.384. The van der Waals surface area contributed by atoms with E-state index in [9.17, 15) is 14.9 Å². The molecule has 0 atom stereocenters. The van der Waals surface area contributed by atoms with Crippen LogP contribution in [0.5, 0.6) is 5.75 Å². The summed E-state index contributed by atoms with van der Waals surface area (Å²) in [6.45, 7) is 2.64. The van der Waals surface area contributed by atoms with Gasteiger partial charge in [0.2, 0.25) is 5.91 Å². The lowest BCUT2D eigenvalue weighted by Gasteiger charge is -2.07. The van der Waals surface area contributed by atoms with Crippen molar-refractivity contribution in [2.45, 2.75) is 13.3 Å². The summed E-state index contributed by atoms with van der Waals surface area (Å²) >= 11 is 0. The van der Waals surface area contributed by atoms with Crippen LogP contribution in [0.3, 0.4) is 0 Å². The molecule has 2 aromatic rings. The van der Waals surface area contributed by atoms with Crippen LogP contribution < -0.4 is 10.1 Å². The van der Waals surface area contributed by atoms with Gasteiger partial charge in [0.05, 0.1) is 11.5 Å². The van der Waals surface area contributed by atoms with Crippen molar-refractivity contribution in [3.63, 3.8) is 0 Å². The van der Waals surface area contributed by atoms with Crippen LogP contribution in [0.2, 0.25) is 0 Å². The van der Waals surface area contributed by atoms with E-state index in [2.05, 4.69) is 5.32 Å². The summed E-state index contributed by atoms with van der Waals surface area (Å²) < 4.78 is 5.51. The topological polar surface area (TPSA) is 81.5 Å². The molecule has 0 saturated carbocycles. The van der Waals surface area contributed by atoms with Crippen molar-refractivity contribution in [2.75, 3.05) is 11.9 Å². The van der Waals surface area contributed by atoms with E-state index in [0.29, 0.717) is 23.6 Å². The Morgan fingerprint density at radius 2 is 2.00 bits per heavy atom. The normalized spacial score (nSPS) is 10.5. The van der Waals surface area contributed by atoms with E-state index in [4.69, 9.17) is 4.74 Å². The van der Waals surface area contributed by atoms with Crippen molar-refractivity contribution >= 4 is 23.4 Å². The van der Waals surface area contributed by atoms with Crippen LogP contribution in [0.15, 0.2) is 54.6 Å². The molecular formula is C18H18N2O4. The fourth-order valence-electron chi connectivity index (χ4n) is 1.95. The van der Waals surface area contributed by atoms with Gasteiger partial charge < -0.3 is 10.1 Å². The maximum atomic E-state index is 11.9. The summed E-state index contributed by atoms with van der Waals surface area (Å²) in [5, 5.41) is 13.3. The Bertz CT molecular complexity index is 739. The molecule has 0 fully saturated rings. The van der Waals surface area contributed by atoms with Crippen LogP contribution in [-0.4, -0.2) is 17.4 Å². The third kappa shape index (κ3) is 5.24. The van der Waals surface area contributed by atoms with E-state index in [1.165, 1.54) is 18.2 Å². The van der Waals surface area contributed by atoms with Crippen molar-refractivity contribution in [3.8, 4) is 5.75 Å². The number of nitrogens with one attached hydrogen (secondary N) is 1. The van der Waals surface area contributed by atoms with Crippen molar-refractivity contribution in [2.24, 2.45) is 0 Å². The number of amides is 1. The number of carbonyl (C=O) groups is 1. The van der Waals surface area contributed by atoms with Gasteiger partial charge >= 0.3 is 0 Å². The molecule has 24 heavy (non-hydrogen) atoms. The highest BCUT2D eigenvalue weighted by Gasteiger charge is 2.03. The van der Waals surface area contributed by atoms with E-state index >= 15 is 0 Å². The molecule has 124 valence electrons. The second-order valence-corrected chi connectivity index (χ2v) is 5.05. The fraction of sp³-hybridized carbons (Fsp3) is 0.167. The fourth-order valence-corrected chi connectivity index (χ4v) is 1.95. The van der Waals surface area contributed by atoms with Gasteiger partial charge in [-0.05, 0) is 42.3 Å². The molecule has 6 heteroatoms. The zero-order valence-electron chi connectivity index (χ0n) is 13.3. The number of nitrogens with zero attached hydrogens (tertiary/aromatic N) is 1. The summed E-state index contributed by atoms with van der Waals surface area (Å²) in [7, 11) is 0. The number of anilines is 1. The maximum absolute atomic E-state index is 11.9. The molecule has 0 radical (unpaired) electrons. The van der Waals surface area contributed by atoms with E-state index < -0.39 is 4.92 Å². The molecule has 0 aliphatic heterocycles.